The molecule has 0 amide bonds. The Morgan fingerprint density at radius 1 is 1.47 bits per heavy atom. The maximum atomic E-state index is 12.4. The minimum absolute atomic E-state index is 0.0189. The van der Waals surface area contributed by atoms with Crippen LogP contribution in [0.25, 0.3) is 0 Å². The number of esters is 1. The summed E-state index contributed by atoms with van der Waals surface area (Å²) in [4.78, 5) is 14.2. The number of halogens is 3. The average Bonchev–Trinajstić information content (AvgIpc) is 2.11. The van der Waals surface area contributed by atoms with Crippen molar-refractivity contribution in [2.75, 3.05) is 13.7 Å². The molecule has 0 heterocycles. The van der Waals surface area contributed by atoms with Crippen molar-refractivity contribution in [1.82, 2.24) is 0 Å². The second-order valence-electron chi connectivity index (χ2n) is 2.49. The molecule has 0 atom stereocenters. The van der Waals surface area contributed by atoms with E-state index in [0.29, 0.717) is 0 Å². The van der Waals surface area contributed by atoms with Gasteiger partial charge in [0.1, 0.15) is 0 Å². The third-order valence-corrected chi connectivity index (χ3v) is 1.53. The summed E-state index contributed by atoms with van der Waals surface area (Å²) in [6.07, 6.45) is -3.61. The SMILES string of the molecule is C/C=C(/C(=O)OCC)C(=NC)C(F)(F)F. The molecule has 0 aromatic rings. The van der Waals surface area contributed by atoms with E-state index in [4.69, 9.17) is 0 Å². The van der Waals surface area contributed by atoms with Crippen LogP contribution in [0.1, 0.15) is 13.8 Å². The van der Waals surface area contributed by atoms with Crippen molar-refractivity contribution in [3.8, 4) is 0 Å². The molecule has 0 saturated carbocycles. The molecule has 3 nitrogen and oxygen atoms in total. The van der Waals surface area contributed by atoms with Crippen molar-refractivity contribution in [2.24, 2.45) is 4.99 Å². The first kappa shape index (κ1) is 13.7. The molecule has 0 aromatic heterocycles. The molecule has 0 spiro atoms. The lowest BCUT2D eigenvalue weighted by atomic mass is 10.1. The van der Waals surface area contributed by atoms with Gasteiger partial charge in [0.15, 0.2) is 5.71 Å². The molecular weight excluding hydrogens is 211 g/mol. The van der Waals surface area contributed by atoms with Gasteiger partial charge in [0.05, 0.1) is 12.2 Å². The summed E-state index contributed by atoms with van der Waals surface area (Å²) in [6, 6.07) is 0. The van der Waals surface area contributed by atoms with E-state index in [9.17, 15) is 18.0 Å². The molecule has 0 unspecified atom stereocenters. The number of aliphatic imine (C=N–C) groups is 1. The fourth-order valence-electron chi connectivity index (χ4n) is 0.960. The standard InChI is InChI=1S/C9H12F3NO2/c1-4-6(8(14)15-5-2)7(13-3)9(10,11)12/h4H,5H2,1-3H3/b6-4+,13-7?. The van der Waals surface area contributed by atoms with Gasteiger partial charge in [-0.1, -0.05) is 6.08 Å². The van der Waals surface area contributed by atoms with Gasteiger partial charge in [-0.3, -0.25) is 4.99 Å². The molecule has 0 aliphatic heterocycles. The van der Waals surface area contributed by atoms with Gasteiger partial charge < -0.3 is 4.74 Å². The van der Waals surface area contributed by atoms with Crippen LogP contribution in [0.3, 0.4) is 0 Å². The van der Waals surface area contributed by atoms with Gasteiger partial charge in [-0.25, -0.2) is 4.79 Å². The number of nitrogens with zero attached hydrogens (tertiary/aromatic N) is 1. The Kier molecular flexibility index (Phi) is 5.04. The lowest BCUT2D eigenvalue weighted by Gasteiger charge is -2.12. The predicted octanol–water partition coefficient (Wildman–Crippen LogP) is 2.13. The fourth-order valence-corrected chi connectivity index (χ4v) is 0.960. The van der Waals surface area contributed by atoms with Crippen molar-refractivity contribution in [3.63, 3.8) is 0 Å². The molecule has 0 bridgehead atoms. The summed E-state index contributed by atoms with van der Waals surface area (Å²) >= 11 is 0. The highest BCUT2D eigenvalue weighted by molar-refractivity contribution is 6.21. The molecular formula is C9H12F3NO2. The second-order valence-corrected chi connectivity index (χ2v) is 2.49. The lowest BCUT2D eigenvalue weighted by molar-refractivity contribution is -0.138. The van der Waals surface area contributed by atoms with Crippen LogP contribution in [-0.2, 0) is 9.53 Å². The highest BCUT2D eigenvalue weighted by atomic mass is 19.4. The zero-order valence-electron chi connectivity index (χ0n) is 8.68. The summed E-state index contributed by atoms with van der Waals surface area (Å²) in [5.41, 5.74) is -1.78. The summed E-state index contributed by atoms with van der Waals surface area (Å²) in [5.74, 6) is -1.02. The first-order chi connectivity index (χ1) is 6.88. The molecule has 0 N–H and O–H groups in total. The minimum atomic E-state index is -4.65. The molecule has 0 aliphatic rings. The van der Waals surface area contributed by atoms with E-state index in [1.165, 1.54) is 13.8 Å². The van der Waals surface area contributed by atoms with Gasteiger partial charge in [-0.05, 0) is 13.8 Å². The smallest absolute Gasteiger partial charge is 0.433 e. The molecule has 0 rings (SSSR count). The zero-order valence-corrected chi connectivity index (χ0v) is 8.68. The van der Waals surface area contributed by atoms with Gasteiger partial charge in [-0.2, -0.15) is 13.2 Å². The molecule has 0 aromatic carbocycles. The summed E-state index contributed by atoms with van der Waals surface area (Å²) in [5, 5.41) is 0. The van der Waals surface area contributed by atoms with Gasteiger partial charge in [0.25, 0.3) is 0 Å². The van der Waals surface area contributed by atoms with E-state index in [2.05, 4.69) is 9.73 Å². The van der Waals surface area contributed by atoms with E-state index in [0.717, 1.165) is 13.1 Å². The normalized spacial score (nSPS) is 14.0. The third-order valence-electron chi connectivity index (χ3n) is 1.53. The Morgan fingerprint density at radius 2 is 2.00 bits per heavy atom. The van der Waals surface area contributed by atoms with Crippen LogP contribution < -0.4 is 0 Å². The minimum Gasteiger partial charge on any atom is -0.462 e. The van der Waals surface area contributed by atoms with E-state index in [-0.39, 0.29) is 6.61 Å². The number of hydrogen-bond donors (Lipinski definition) is 0. The zero-order chi connectivity index (χ0) is 12.1. The van der Waals surface area contributed by atoms with Crippen LogP contribution in [0, 0.1) is 0 Å². The van der Waals surface area contributed by atoms with Crippen LogP contribution in [-0.4, -0.2) is 31.5 Å². The van der Waals surface area contributed by atoms with Crippen molar-refractivity contribution >= 4 is 11.7 Å². The number of carbonyl (C=O) groups is 1. The van der Waals surface area contributed by atoms with Crippen LogP contribution >= 0.6 is 0 Å². The number of hydrogen-bond acceptors (Lipinski definition) is 3. The predicted molar refractivity (Wildman–Crippen MR) is 49.8 cm³/mol. The molecule has 0 fully saturated rings. The molecule has 0 aliphatic carbocycles. The number of alkyl halides is 3. The average molecular weight is 223 g/mol. The molecule has 0 saturated heterocycles. The van der Waals surface area contributed by atoms with Crippen LogP contribution in [0.15, 0.2) is 16.6 Å². The highest BCUT2D eigenvalue weighted by Gasteiger charge is 2.40. The second kappa shape index (κ2) is 5.53. The van der Waals surface area contributed by atoms with Crippen molar-refractivity contribution < 1.29 is 22.7 Å². The van der Waals surface area contributed by atoms with Gasteiger partial charge in [0.2, 0.25) is 0 Å². The van der Waals surface area contributed by atoms with Crippen LogP contribution in [0.5, 0.6) is 0 Å². The quantitative estimate of drug-likeness (QED) is 0.417. The van der Waals surface area contributed by atoms with Crippen molar-refractivity contribution in [1.29, 1.82) is 0 Å². The Labute approximate surface area is 85.6 Å². The van der Waals surface area contributed by atoms with Crippen LogP contribution in [0.4, 0.5) is 13.2 Å². The largest absolute Gasteiger partial charge is 0.462 e. The highest BCUT2D eigenvalue weighted by Crippen LogP contribution is 2.22. The maximum absolute atomic E-state index is 12.4. The van der Waals surface area contributed by atoms with Gasteiger partial charge in [-0.15, -0.1) is 0 Å². The molecule has 86 valence electrons. The van der Waals surface area contributed by atoms with E-state index < -0.39 is 23.4 Å². The number of rotatable bonds is 3. The summed E-state index contributed by atoms with van der Waals surface area (Å²) in [7, 11) is 0.978. The Hall–Kier alpha value is -1.33. The topological polar surface area (TPSA) is 38.7 Å². The van der Waals surface area contributed by atoms with Crippen molar-refractivity contribution in [2.45, 2.75) is 20.0 Å². The summed E-state index contributed by atoms with van der Waals surface area (Å²) in [6.45, 7) is 2.86. The van der Waals surface area contributed by atoms with Crippen molar-refractivity contribution in [3.05, 3.63) is 11.6 Å². The Bertz CT molecular complexity index is 292. The molecule has 6 heteroatoms. The first-order valence-electron chi connectivity index (χ1n) is 4.26. The fraction of sp³-hybridized carbons (Fsp3) is 0.556. The van der Waals surface area contributed by atoms with E-state index in [1.54, 1.807) is 0 Å². The summed E-state index contributed by atoms with van der Waals surface area (Å²) < 4.78 is 41.6. The maximum Gasteiger partial charge on any atom is 0.433 e. The number of allylic oxidation sites excluding steroid dienone is 1. The number of carbonyl (C=O) groups excluding carboxylic acids is 1. The molecule has 15 heavy (non-hydrogen) atoms. The Morgan fingerprint density at radius 3 is 2.27 bits per heavy atom. The Balaban J connectivity index is 5.07. The van der Waals surface area contributed by atoms with Crippen LogP contribution in [0.2, 0.25) is 0 Å². The third kappa shape index (κ3) is 3.73. The number of ether oxygens (including phenoxy) is 1. The van der Waals surface area contributed by atoms with E-state index in [1.807, 2.05) is 0 Å². The lowest BCUT2D eigenvalue weighted by Crippen LogP contribution is -2.29. The monoisotopic (exact) mass is 223 g/mol. The first-order valence-corrected chi connectivity index (χ1v) is 4.26. The van der Waals surface area contributed by atoms with Gasteiger partial charge >= 0.3 is 12.1 Å². The van der Waals surface area contributed by atoms with Gasteiger partial charge in [0, 0.05) is 7.05 Å². The van der Waals surface area contributed by atoms with E-state index >= 15 is 0 Å². The molecule has 0 radical (unpaired) electrons.